The van der Waals surface area contributed by atoms with E-state index in [1.165, 1.54) is 0 Å². The molecule has 8 nitrogen and oxygen atoms in total. The van der Waals surface area contributed by atoms with E-state index in [2.05, 4.69) is 10.2 Å². The van der Waals surface area contributed by atoms with Crippen LogP contribution in [0.2, 0.25) is 0 Å². The summed E-state index contributed by atoms with van der Waals surface area (Å²) in [5, 5.41) is 2.99. The summed E-state index contributed by atoms with van der Waals surface area (Å²) < 4.78 is 17.2. The Hall–Kier alpha value is -2.48. The van der Waals surface area contributed by atoms with Crippen LogP contribution < -0.4 is 19.5 Å². The van der Waals surface area contributed by atoms with Crippen molar-refractivity contribution in [3.8, 4) is 17.2 Å². The monoisotopic (exact) mass is 435 g/mol. The SMILES string of the molecule is CCOc1cc(C(=O)N2CCN(CC(=O)NC(C)CC)CC2)cc(OCC)c1OCC. The molecule has 0 spiro atoms. The number of ether oxygens (including phenoxy) is 3. The Balaban J connectivity index is 2.07. The van der Waals surface area contributed by atoms with E-state index in [0.717, 1.165) is 6.42 Å². The van der Waals surface area contributed by atoms with Crippen LogP contribution in [-0.2, 0) is 4.79 Å². The first kappa shape index (κ1) is 24.8. The third kappa shape index (κ3) is 7.02. The van der Waals surface area contributed by atoms with Gasteiger partial charge in [-0.3, -0.25) is 14.5 Å². The average Bonchev–Trinajstić information content (AvgIpc) is 2.76. The number of rotatable bonds is 11. The molecule has 0 bridgehead atoms. The van der Waals surface area contributed by atoms with E-state index in [9.17, 15) is 9.59 Å². The van der Waals surface area contributed by atoms with Crippen molar-refractivity contribution in [2.75, 3.05) is 52.5 Å². The quantitative estimate of drug-likeness (QED) is 0.575. The molecule has 174 valence electrons. The second-order valence-corrected chi connectivity index (χ2v) is 7.55. The second-order valence-electron chi connectivity index (χ2n) is 7.55. The van der Waals surface area contributed by atoms with Crippen LogP contribution in [0.1, 0.15) is 51.4 Å². The molecule has 1 heterocycles. The summed E-state index contributed by atoms with van der Waals surface area (Å²) in [6, 6.07) is 3.63. The summed E-state index contributed by atoms with van der Waals surface area (Å²) in [6.07, 6.45) is 0.906. The minimum atomic E-state index is -0.0753. The van der Waals surface area contributed by atoms with E-state index in [0.29, 0.717) is 75.4 Å². The van der Waals surface area contributed by atoms with Gasteiger partial charge in [0, 0.05) is 37.8 Å². The zero-order chi connectivity index (χ0) is 22.8. The van der Waals surface area contributed by atoms with Crippen LogP contribution in [0.4, 0.5) is 0 Å². The minimum absolute atomic E-state index is 0.0309. The van der Waals surface area contributed by atoms with Crippen LogP contribution in [-0.4, -0.2) is 80.2 Å². The van der Waals surface area contributed by atoms with E-state index in [4.69, 9.17) is 14.2 Å². The normalized spacial score (nSPS) is 15.3. The summed E-state index contributed by atoms with van der Waals surface area (Å²) in [7, 11) is 0. The smallest absolute Gasteiger partial charge is 0.254 e. The van der Waals surface area contributed by atoms with Gasteiger partial charge in [-0.2, -0.15) is 0 Å². The first-order chi connectivity index (χ1) is 14.9. The van der Waals surface area contributed by atoms with Crippen molar-refractivity contribution in [2.45, 2.75) is 47.1 Å². The Morgan fingerprint density at radius 2 is 1.48 bits per heavy atom. The summed E-state index contributed by atoms with van der Waals surface area (Å²) in [6.45, 7) is 13.9. The largest absolute Gasteiger partial charge is 0.490 e. The molecule has 1 aromatic rings. The Bertz CT molecular complexity index is 705. The molecule has 1 unspecified atom stereocenters. The Labute approximate surface area is 185 Å². The number of carbonyl (C=O) groups excluding carboxylic acids is 2. The Kier molecular flexibility index (Phi) is 9.91. The first-order valence-corrected chi connectivity index (χ1v) is 11.3. The van der Waals surface area contributed by atoms with E-state index >= 15 is 0 Å². The molecule has 1 aromatic carbocycles. The van der Waals surface area contributed by atoms with Gasteiger partial charge >= 0.3 is 0 Å². The highest BCUT2D eigenvalue weighted by molar-refractivity contribution is 5.95. The van der Waals surface area contributed by atoms with Crippen molar-refractivity contribution in [1.82, 2.24) is 15.1 Å². The van der Waals surface area contributed by atoms with Crippen LogP contribution in [0.5, 0.6) is 17.2 Å². The first-order valence-electron chi connectivity index (χ1n) is 11.3. The molecular weight excluding hydrogens is 398 g/mol. The summed E-state index contributed by atoms with van der Waals surface area (Å²) in [4.78, 5) is 29.2. The molecule has 2 amide bonds. The van der Waals surface area contributed by atoms with E-state index in [1.54, 1.807) is 12.1 Å². The van der Waals surface area contributed by atoms with Gasteiger partial charge in [-0.25, -0.2) is 0 Å². The maximum atomic E-state index is 13.2. The summed E-state index contributed by atoms with van der Waals surface area (Å²) in [5.74, 6) is 1.51. The zero-order valence-electron chi connectivity index (χ0n) is 19.5. The highest BCUT2D eigenvalue weighted by Gasteiger charge is 2.26. The predicted octanol–water partition coefficient (Wildman–Crippen LogP) is 2.56. The number of benzene rings is 1. The summed E-state index contributed by atoms with van der Waals surface area (Å²) in [5.41, 5.74) is 0.512. The molecule has 1 saturated heterocycles. The van der Waals surface area contributed by atoms with Gasteiger partial charge in [-0.15, -0.1) is 0 Å². The standard InChI is InChI=1S/C23H37N3O5/c1-6-17(5)24-21(27)16-25-10-12-26(13-11-25)23(28)18-14-19(29-7-2)22(31-9-4)20(15-18)30-8-3/h14-15,17H,6-13,16H2,1-5H3,(H,24,27). The number of nitrogens with one attached hydrogen (secondary N) is 1. The fourth-order valence-electron chi connectivity index (χ4n) is 3.43. The van der Waals surface area contributed by atoms with Crippen LogP contribution in [0.25, 0.3) is 0 Å². The topological polar surface area (TPSA) is 80.3 Å². The van der Waals surface area contributed by atoms with E-state index in [-0.39, 0.29) is 17.9 Å². The Morgan fingerprint density at radius 3 is 1.97 bits per heavy atom. The van der Waals surface area contributed by atoms with Crippen molar-refractivity contribution in [3.05, 3.63) is 17.7 Å². The highest BCUT2D eigenvalue weighted by atomic mass is 16.5. The fourth-order valence-corrected chi connectivity index (χ4v) is 3.43. The minimum Gasteiger partial charge on any atom is -0.490 e. The molecule has 1 aliphatic rings. The number of carbonyl (C=O) groups is 2. The zero-order valence-corrected chi connectivity index (χ0v) is 19.5. The van der Waals surface area contributed by atoms with Gasteiger partial charge in [-0.05, 0) is 46.2 Å². The van der Waals surface area contributed by atoms with Gasteiger partial charge in [0.1, 0.15) is 0 Å². The molecule has 1 aliphatic heterocycles. The third-order valence-corrected chi connectivity index (χ3v) is 5.20. The highest BCUT2D eigenvalue weighted by Crippen LogP contribution is 2.39. The third-order valence-electron chi connectivity index (χ3n) is 5.20. The van der Waals surface area contributed by atoms with Crippen LogP contribution in [0.3, 0.4) is 0 Å². The molecule has 8 heteroatoms. The van der Waals surface area contributed by atoms with Crippen molar-refractivity contribution in [1.29, 1.82) is 0 Å². The number of hydrogen-bond acceptors (Lipinski definition) is 6. The Morgan fingerprint density at radius 1 is 0.935 bits per heavy atom. The molecular formula is C23H37N3O5. The van der Waals surface area contributed by atoms with Crippen molar-refractivity contribution in [2.24, 2.45) is 0 Å². The lowest BCUT2D eigenvalue weighted by molar-refractivity contribution is -0.123. The number of hydrogen-bond donors (Lipinski definition) is 1. The molecule has 1 atom stereocenters. The van der Waals surface area contributed by atoms with Gasteiger partial charge in [0.2, 0.25) is 11.7 Å². The molecule has 2 rings (SSSR count). The summed E-state index contributed by atoms with van der Waals surface area (Å²) >= 11 is 0. The molecule has 1 fully saturated rings. The lowest BCUT2D eigenvalue weighted by Crippen LogP contribution is -2.51. The molecule has 1 N–H and O–H groups in total. The average molecular weight is 436 g/mol. The lowest BCUT2D eigenvalue weighted by Gasteiger charge is -2.34. The van der Waals surface area contributed by atoms with Gasteiger partial charge in [0.25, 0.3) is 5.91 Å². The number of piperazine rings is 1. The fraction of sp³-hybridized carbons (Fsp3) is 0.652. The van der Waals surface area contributed by atoms with Gasteiger partial charge < -0.3 is 24.4 Å². The molecule has 0 saturated carbocycles. The number of amides is 2. The molecule has 31 heavy (non-hydrogen) atoms. The van der Waals surface area contributed by atoms with Gasteiger partial charge in [0.15, 0.2) is 11.5 Å². The number of nitrogens with zero attached hydrogens (tertiary/aromatic N) is 2. The van der Waals surface area contributed by atoms with Gasteiger partial charge in [-0.1, -0.05) is 6.92 Å². The second kappa shape index (κ2) is 12.4. The maximum Gasteiger partial charge on any atom is 0.254 e. The molecule has 0 radical (unpaired) electrons. The van der Waals surface area contributed by atoms with Crippen molar-refractivity contribution in [3.63, 3.8) is 0 Å². The molecule has 0 aliphatic carbocycles. The van der Waals surface area contributed by atoms with Crippen molar-refractivity contribution < 1.29 is 23.8 Å². The lowest BCUT2D eigenvalue weighted by atomic mass is 10.1. The van der Waals surface area contributed by atoms with E-state index < -0.39 is 0 Å². The van der Waals surface area contributed by atoms with Crippen molar-refractivity contribution >= 4 is 11.8 Å². The van der Waals surface area contributed by atoms with E-state index in [1.807, 2.05) is 39.5 Å². The van der Waals surface area contributed by atoms with Crippen LogP contribution >= 0.6 is 0 Å². The maximum absolute atomic E-state index is 13.2. The van der Waals surface area contributed by atoms with Crippen LogP contribution in [0.15, 0.2) is 12.1 Å². The van der Waals surface area contributed by atoms with Crippen LogP contribution in [0, 0.1) is 0 Å². The predicted molar refractivity (Wildman–Crippen MR) is 120 cm³/mol. The van der Waals surface area contributed by atoms with Gasteiger partial charge in [0.05, 0.1) is 26.4 Å². The molecule has 0 aromatic heterocycles.